The number of benzene rings is 1. The van der Waals surface area contributed by atoms with Crippen LogP contribution in [0.15, 0.2) is 18.2 Å². The summed E-state index contributed by atoms with van der Waals surface area (Å²) in [6.45, 7) is 3.80. The van der Waals surface area contributed by atoms with Gasteiger partial charge in [0.25, 0.3) is 0 Å². The van der Waals surface area contributed by atoms with E-state index in [-0.39, 0.29) is 17.2 Å². The third kappa shape index (κ3) is 2.33. The second-order valence-electron chi connectivity index (χ2n) is 3.53. The van der Waals surface area contributed by atoms with Gasteiger partial charge in [0, 0.05) is 10.4 Å². The Balaban J connectivity index is 3.27. The molecule has 0 aliphatic rings. The van der Waals surface area contributed by atoms with Crippen molar-refractivity contribution in [1.82, 2.24) is 0 Å². The summed E-state index contributed by atoms with van der Waals surface area (Å²) in [5.41, 5.74) is 0.315. The predicted molar refractivity (Wildman–Crippen MR) is 61.6 cm³/mol. The Hall–Kier alpha value is -1.42. The van der Waals surface area contributed by atoms with Crippen LogP contribution in [0.2, 0.25) is 0 Å². The third-order valence-electron chi connectivity index (χ3n) is 2.06. The van der Waals surface area contributed by atoms with Gasteiger partial charge < -0.3 is 10.2 Å². The van der Waals surface area contributed by atoms with Crippen molar-refractivity contribution in [2.45, 2.75) is 13.8 Å². The van der Waals surface area contributed by atoms with Crippen LogP contribution in [0, 0.1) is 5.92 Å². The topological polar surface area (TPSA) is 57.5 Å². The number of carboxylic acid groups (broad SMARTS) is 1. The fourth-order valence-electron chi connectivity index (χ4n) is 1.23. The van der Waals surface area contributed by atoms with Gasteiger partial charge in [0.05, 0.1) is 0 Å². The van der Waals surface area contributed by atoms with E-state index in [0.29, 0.717) is 10.4 Å². The Morgan fingerprint density at radius 3 is 2.33 bits per heavy atom. The highest BCUT2D eigenvalue weighted by Gasteiger charge is 2.16. The number of hydrogen-bond acceptors (Lipinski definition) is 3. The summed E-state index contributed by atoms with van der Waals surface area (Å²) in [5, 5.41) is 18.5. The number of phenols is 1. The third-order valence-corrected chi connectivity index (χ3v) is 2.75. The summed E-state index contributed by atoms with van der Waals surface area (Å²) >= 11 is 5.13. The standard InChI is InChI=1S/C11H12O3S/c1-6(2)10(15)7-4-3-5-8(9(7)12)11(13)14/h3-6,12H,1-2H3,(H,13,14). The molecule has 2 N–H and O–H groups in total. The number of hydrogen-bond donors (Lipinski definition) is 2. The van der Waals surface area contributed by atoms with Gasteiger partial charge in [-0.25, -0.2) is 4.79 Å². The highest BCUT2D eigenvalue weighted by atomic mass is 32.1. The van der Waals surface area contributed by atoms with Gasteiger partial charge in [0.15, 0.2) is 0 Å². The number of aromatic hydroxyl groups is 1. The zero-order valence-electron chi connectivity index (χ0n) is 8.52. The highest BCUT2D eigenvalue weighted by Crippen LogP contribution is 2.25. The van der Waals surface area contributed by atoms with Crippen LogP contribution in [0.5, 0.6) is 5.75 Å². The molecule has 0 aliphatic heterocycles. The molecule has 0 saturated heterocycles. The van der Waals surface area contributed by atoms with E-state index in [2.05, 4.69) is 0 Å². The Bertz CT molecular complexity index is 410. The first-order chi connectivity index (χ1) is 6.95. The van der Waals surface area contributed by atoms with Crippen molar-refractivity contribution in [3.63, 3.8) is 0 Å². The SMILES string of the molecule is CC(C)C(=S)c1cccc(C(=O)O)c1O. The molecule has 0 unspecified atom stereocenters. The summed E-state index contributed by atoms with van der Waals surface area (Å²) in [4.78, 5) is 11.3. The van der Waals surface area contributed by atoms with E-state index >= 15 is 0 Å². The Labute approximate surface area is 93.4 Å². The van der Waals surface area contributed by atoms with Crippen LogP contribution >= 0.6 is 12.2 Å². The van der Waals surface area contributed by atoms with Crippen LogP contribution in [0.1, 0.15) is 29.8 Å². The van der Waals surface area contributed by atoms with Gasteiger partial charge in [0.1, 0.15) is 11.3 Å². The lowest BCUT2D eigenvalue weighted by molar-refractivity contribution is 0.0693. The van der Waals surface area contributed by atoms with E-state index in [1.54, 1.807) is 12.1 Å². The van der Waals surface area contributed by atoms with E-state index in [9.17, 15) is 9.90 Å². The molecule has 1 aromatic carbocycles. The fraction of sp³-hybridized carbons (Fsp3) is 0.273. The van der Waals surface area contributed by atoms with Crippen molar-refractivity contribution in [3.05, 3.63) is 29.3 Å². The maximum atomic E-state index is 10.8. The molecule has 4 heteroatoms. The summed E-state index contributed by atoms with van der Waals surface area (Å²) in [5.74, 6) is -1.31. The molecule has 0 aliphatic carbocycles. The lowest BCUT2D eigenvalue weighted by Gasteiger charge is -2.10. The molecule has 15 heavy (non-hydrogen) atoms. The van der Waals surface area contributed by atoms with Crippen LogP contribution in [0.4, 0.5) is 0 Å². The summed E-state index contributed by atoms with van der Waals surface area (Å²) in [6, 6.07) is 4.56. The normalized spacial score (nSPS) is 10.3. The smallest absolute Gasteiger partial charge is 0.339 e. The van der Waals surface area contributed by atoms with Crippen molar-refractivity contribution in [2.24, 2.45) is 5.92 Å². The first-order valence-electron chi connectivity index (χ1n) is 4.54. The Kier molecular flexibility index (Phi) is 3.42. The lowest BCUT2D eigenvalue weighted by atomic mass is 9.99. The molecule has 0 heterocycles. The number of thiocarbonyl (C=S) groups is 1. The van der Waals surface area contributed by atoms with Crippen molar-refractivity contribution in [3.8, 4) is 5.75 Å². The van der Waals surface area contributed by atoms with Gasteiger partial charge >= 0.3 is 5.97 Å². The molecule has 3 nitrogen and oxygen atoms in total. The number of rotatable bonds is 3. The highest BCUT2D eigenvalue weighted by molar-refractivity contribution is 7.80. The molecule has 0 atom stereocenters. The molecule has 0 amide bonds. The molecule has 1 aromatic rings. The van der Waals surface area contributed by atoms with Gasteiger partial charge in [-0.1, -0.05) is 38.2 Å². The molecule has 1 rings (SSSR count). The number of aromatic carboxylic acids is 1. The van der Waals surface area contributed by atoms with E-state index < -0.39 is 5.97 Å². The van der Waals surface area contributed by atoms with Crippen molar-refractivity contribution < 1.29 is 15.0 Å². The Morgan fingerprint density at radius 2 is 1.87 bits per heavy atom. The van der Waals surface area contributed by atoms with Crippen molar-refractivity contribution in [2.75, 3.05) is 0 Å². The average molecular weight is 224 g/mol. The first-order valence-corrected chi connectivity index (χ1v) is 4.95. The van der Waals surface area contributed by atoms with E-state index in [1.807, 2.05) is 13.8 Å². The second kappa shape index (κ2) is 4.40. The average Bonchev–Trinajstić information content (AvgIpc) is 2.16. The minimum absolute atomic E-state index is 0.0925. The van der Waals surface area contributed by atoms with E-state index in [1.165, 1.54) is 6.07 Å². The van der Waals surface area contributed by atoms with E-state index in [0.717, 1.165) is 0 Å². The fourth-order valence-corrected chi connectivity index (χ4v) is 1.39. The molecular weight excluding hydrogens is 212 g/mol. The second-order valence-corrected chi connectivity index (χ2v) is 3.97. The largest absolute Gasteiger partial charge is 0.506 e. The minimum atomic E-state index is -1.15. The van der Waals surface area contributed by atoms with E-state index in [4.69, 9.17) is 17.3 Å². The molecule has 0 aromatic heterocycles. The summed E-state index contributed by atoms with van der Waals surface area (Å²) < 4.78 is 0. The van der Waals surface area contributed by atoms with Crippen LogP contribution in [-0.2, 0) is 0 Å². The zero-order chi connectivity index (χ0) is 11.6. The summed E-state index contributed by atoms with van der Waals surface area (Å²) in [6.07, 6.45) is 0. The van der Waals surface area contributed by atoms with Crippen molar-refractivity contribution in [1.29, 1.82) is 0 Å². The maximum Gasteiger partial charge on any atom is 0.339 e. The van der Waals surface area contributed by atoms with Gasteiger partial charge in [0.2, 0.25) is 0 Å². The monoisotopic (exact) mass is 224 g/mol. The quantitative estimate of drug-likeness (QED) is 0.611. The molecular formula is C11H12O3S. The zero-order valence-corrected chi connectivity index (χ0v) is 9.34. The molecule has 80 valence electrons. The van der Waals surface area contributed by atoms with Crippen LogP contribution in [0.3, 0.4) is 0 Å². The molecule has 0 fully saturated rings. The van der Waals surface area contributed by atoms with Crippen LogP contribution < -0.4 is 0 Å². The first kappa shape index (κ1) is 11.7. The molecule has 0 radical (unpaired) electrons. The summed E-state index contributed by atoms with van der Waals surface area (Å²) in [7, 11) is 0. The van der Waals surface area contributed by atoms with Gasteiger partial charge in [-0.3, -0.25) is 0 Å². The maximum absolute atomic E-state index is 10.8. The number of carbonyl (C=O) groups is 1. The lowest BCUT2D eigenvalue weighted by Crippen LogP contribution is -2.08. The van der Waals surface area contributed by atoms with Gasteiger partial charge in [-0.05, 0) is 12.0 Å². The van der Waals surface area contributed by atoms with Gasteiger partial charge in [-0.2, -0.15) is 0 Å². The Morgan fingerprint density at radius 1 is 1.33 bits per heavy atom. The minimum Gasteiger partial charge on any atom is -0.506 e. The molecule has 0 spiro atoms. The number of carboxylic acids is 1. The molecule has 0 bridgehead atoms. The predicted octanol–water partition coefficient (Wildman–Crippen LogP) is 2.46. The van der Waals surface area contributed by atoms with Gasteiger partial charge in [-0.15, -0.1) is 0 Å². The van der Waals surface area contributed by atoms with Crippen molar-refractivity contribution >= 4 is 23.1 Å². The van der Waals surface area contributed by atoms with Crippen LogP contribution in [-0.4, -0.2) is 21.0 Å². The number of para-hydroxylation sites is 1. The van der Waals surface area contributed by atoms with Crippen LogP contribution in [0.25, 0.3) is 0 Å². The molecule has 0 saturated carbocycles.